The summed E-state index contributed by atoms with van der Waals surface area (Å²) in [6, 6.07) is 14.4. The Bertz CT molecular complexity index is 718. The van der Waals surface area contributed by atoms with Gasteiger partial charge in [0.15, 0.2) is 0 Å². The van der Waals surface area contributed by atoms with Gasteiger partial charge in [-0.25, -0.2) is 13.8 Å². The number of benzene rings is 2. The van der Waals surface area contributed by atoms with E-state index in [4.69, 9.17) is 9.57 Å². The number of nitrogens with one attached hydrogen (secondary N) is 1. The Kier molecular flexibility index (Phi) is 12.9. The molecule has 134 valence electrons. The average molecular weight is 443 g/mol. The molecule has 0 radical (unpaired) electrons. The summed E-state index contributed by atoms with van der Waals surface area (Å²) in [6.07, 6.45) is 0. The zero-order chi connectivity index (χ0) is 17.6. The van der Waals surface area contributed by atoms with Crippen LogP contribution in [0.5, 0.6) is 11.5 Å². The summed E-state index contributed by atoms with van der Waals surface area (Å²) >= 11 is 1.84. The fourth-order valence-corrected chi connectivity index (χ4v) is 4.46. The van der Waals surface area contributed by atoms with Crippen LogP contribution < -0.4 is 78.9 Å². The molecule has 2 atom stereocenters. The molecule has 1 N–H and O–H groups in total. The molecule has 0 aromatic heterocycles. The summed E-state index contributed by atoms with van der Waals surface area (Å²) in [7, 11) is -3.72. The minimum atomic E-state index is -2.77. The van der Waals surface area contributed by atoms with Gasteiger partial charge in [0.2, 0.25) is 0 Å². The number of hydrogen-bond acceptors (Lipinski definition) is 7. The van der Waals surface area contributed by atoms with E-state index < -0.39 is 19.3 Å². The van der Waals surface area contributed by atoms with Crippen LogP contribution in [0.15, 0.2) is 53.4 Å². The van der Waals surface area contributed by atoms with E-state index in [-0.39, 0.29) is 65.7 Å². The Hall–Kier alpha value is 1.01. The van der Waals surface area contributed by atoms with Gasteiger partial charge in [0.05, 0.1) is 17.4 Å². The van der Waals surface area contributed by atoms with E-state index in [0.717, 1.165) is 16.2 Å². The summed E-state index contributed by atoms with van der Waals surface area (Å²) < 4.78 is 17.9. The molecule has 0 amide bonds. The van der Waals surface area contributed by atoms with E-state index in [2.05, 4.69) is 0 Å². The smallest absolute Gasteiger partial charge is 0.828 e. The predicted molar refractivity (Wildman–Crippen MR) is 95.3 cm³/mol. The number of hydrogen-bond donors (Lipinski definition) is 1. The quantitative estimate of drug-likeness (QED) is 0.181. The largest absolute Gasteiger partial charge is 1.00 e. The van der Waals surface area contributed by atoms with Gasteiger partial charge in [-0.2, -0.15) is 11.8 Å². The molecule has 0 spiro atoms. The van der Waals surface area contributed by atoms with Crippen LogP contribution in [0.2, 0.25) is 0 Å². The normalized spacial score (nSPS) is 16.2. The van der Waals surface area contributed by atoms with Crippen molar-refractivity contribution in [1.29, 1.82) is 0 Å². The molecule has 1 fully saturated rings. The summed E-state index contributed by atoms with van der Waals surface area (Å²) in [5, 5.41) is 2.42. The average Bonchev–Trinajstić information content (AvgIpc) is 3.41. The van der Waals surface area contributed by atoms with Gasteiger partial charge < -0.3 is 14.5 Å². The third kappa shape index (κ3) is 9.57. The van der Waals surface area contributed by atoms with Crippen molar-refractivity contribution in [2.45, 2.75) is 16.8 Å². The third-order valence-electron chi connectivity index (χ3n) is 3.36. The molecule has 2 unspecified atom stereocenters. The molecule has 1 aliphatic heterocycles. The molecule has 1 aliphatic rings. The van der Waals surface area contributed by atoms with Crippen molar-refractivity contribution in [1.82, 2.24) is 5.25 Å². The van der Waals surface area contributed by atoms with Crippen molar-refractivity contribution in [3.05, 3.63) is 54.1 Å². The molecule has 3 rings (SSSR count). The van der Waals surface area contributed by atoms with Crippen LogP contribution in [0.4, 0.5) is 0 Å². The minimum Gasteiger partial charge on any atom is -0.828 e. The first-order valence-electron chi connectivity index (χ1n) is 7.49. The van der Waals surface area contributed by atoms with Crippen molar-refractivity contribution in [2.75, 3.05) is 11.5 Å². The van der Waals surface area contributed by atoms with Gasteiger partial charge >= 0.3 is 59.1 Å². The van der Waals surface area contributed by atoms with Crippen LogP contribution in [0.25, 0.3) is 0 Å². The summed E-state index contributed by atoms with van der Waals surface area (Å²) in [5.74, 6) is 3.13. The second kappa shape index (κ2) is 13.3. The fraction of sp³-hybridized carbons (Fsp3) is 0.250. The number of ether oxygens (including phenoxy) is 1. The number of rotatable bonds is 9. The van der Waals surface area contributed by atoms with Gasteiger partial charge in [0.1, 0.15) is 11.5 Å². The predicted octanol–water partition coefficient (Wildman–Crippen LogP) is -4.32. The Balaban J connectivity index is 0.00000182. The van der Waals surface area contributed by atoms with Gasteiger partial charge in [0, 0.05) is 21.7 Å². The third-order valence-corrected chi connectivity index (χ3v) is 6.33. The molecule has 2 aromatic rings. The van der Waals surface area contributed by atoms with E-state index in [9.17, 15) is 14.0 Å². The van der Waals surface area contributed by atoms with Crippen molar-refractivity contribution in [3.8, 4) is 11.5 Å². The Labute approximate surface area is 210 Å². The van der Waals surface area contributed by atoms with Crippen LogP contribution in [0.1, 0.15) is 5.56 Å². The fourth-order valence-electron chi connectivity index (χ4n) is 2.05. The van der Waals surface area contributed by atoms with Gasteiger partial charge in [0.25, 0.3) is 0 Å². The summed E-state index contributed by atoms with van der Waals surface area (Å²) in [5.41, 5.74) is 0.806. The topological polar surface area (TPSA) is 93.7 Å². The van der Waals surface area contributed by atoms with Crippen molar-refractivity contribution in [2.24, 2.45) is 0 Å². The van der Waals surface area contributed by atoms with Crippen LogP contribution in [-0.4, -0.2) is 21.0 Å². The molecular formula is C16H16NNa2O5PS2. The van der Waals surface area contributed by atoms with E-state index in [1.54, 1.807) is 36.4 Å². The van der Waals surface area contributed by atoms with Gasteiger partial charge in [-0.05, 0) is 42.0 Å². The van der Waals surface area contributed by atoms with Crippen LogP contribution in [0, 0.1) is 0 Å². The Morgan fingerprint density at radius 3 is 2.15 bits per heavy atom. The molecule has 27 heavy (non-hydrogen) atoms. The van der Waals surface area contributed by atoms with E-state index in [0.29, 0.717) is 22.5 Å². The maximum atomic E-state index is 12.1. The van der Waals surface area contributed by atoms with Gasteiger partial charge in [-0.15, -0.1) is 0 Å². The molecule has 1 heterocycles. The van der Waals surface area contributed by atoms with E-state index in [1.165, 1.54) is 0 Å². The monoisotopic (exact) mass is 443 g/mol. The molecule has 0 saturated carbocycles. The van der Waals surface area contributed by atoms with Gasteiger partial charge in [-0.3, -0.25) is 9.05 Å². The Morgan fingerprint density at radius 1 is 1.07 bits per heavy atom. The summed E-state index contributed by atoms with van der Waals surface area (Å²) in [6.45, 7) is 0.128. The SMILES string of the molecule is O=S(CC1CS1)c1ccc(Oc2ccc(CONP([O-])[O-])cc2)cc1.[Na+].[Na+]. The molecule has 2 aromatic carbocycles. The van der Waals surface area contributed by atoms with E-state index >= 15 is 0 Å². The van der Waals surface area contributed by atoms with E-state index in [1.807, 2.05) is 29.1 Å². The van der Waals surface area contributed by atoms with Crippen LogP contribution >= 0.6 is 20.3 Å². The van der Waals surface area contributed by atoms with Crippen LogP contribution in [-0.2, 0) is 22.2 Å². The maximum absolute atomic E-state index is 12.1. The molecule has 0 aliphatic carbocycles. The van der Waals surface area contributed by atoms with Crippen molar-refractivity contribution < 1.29 is 82.7 Å². The number of thioether (sulfide) groups is 1. The Morgan fingerprint density at radius 2 is 1.63 bits per heavy atom. The van der Waals surface area contributed by atoms with Crippen molar-refractivity contribution in [3.63, 3.8) is 0 Å². The second-order valence-electron chi connectivity index (χ2n) is 5.32. The first-order valence-corrected chi connectivity index (χ1v) is 11.0. The standard InChI is InChI=1S/C16H16NO5PS2.2Na/c18-23(19)17-21-9-12-1-3-13(4-2-12)22-14-5-7-16(8-6-14)25(20)11-15-10-24-15;;/h1-8,15,17H,9-11H2;;/q-2;2*+1. The second-order valence-corrected chi connectivity index (χ2v) is 8.85. The maximum Gasteiger partial charge on any atom is 1.00 e. The first kappa shape index (κ1) is 26.0. The zero-order valence-electron chi connectivity index (χ0n) is 15.1. The van der Waals surface area contributed by atoms with Crippen LogP contribution in [0.3, 0.4) is 0 Å². The van der Waals surface area contributed by atoms with Gasteiger partial charge in [-0.1, -0.05) is 12.1 Å². The molecule has 11 heteroatoms. The molecular weight excluding hydrogens is 427 g/mol. The molecule has 0 bridgehead atoms. The zero-order valence-corrected chi connectivity index (χ0v) is 21.6. The summed E-state index contributed by atoms with van der Waals surface area (Å²) in [4.78, 5) is 26.3. The minimum absolute atomic E-state index is 0. The first-order chi connectivity index (χ1) is 12.1. The van der Waals surface area contributed by atoms with Crippen molar-refractivity contribution >= 4 is 31.1 Å². The molecule has 6 nitrogen and oxygen atoms in total. The molecule has 1 saturated heterocycles.